The van der Waals surface area contributed by atoms with Gasteiger partial charge in [0.2, 0.25) is 11.8 Å². The summed E-state index contributed by atoms with van der Waals surface area (Å²) in [6.07, 6.45) is 3.19. The monoisotopic (exact) mass is 424 g/mol. The lowest BCUT2D eigenvalue weighted by atomic mass is 10.1. The zero-order valence-electron chi connectivity index (χ0n) is 17.6. The number of aryl methyl sites for hydroxylation is 1. The molecule has 2 aromatic carbocycles. The number of amides is 4. The van der Waals surface area contributed by atoms with E-state index in [0.29, 0.717) is 17.9 Å². The van der Waals surface area contributed by atoms with Crippen molar-refractivity contribution in [1.29, 1.82) is 0 Å². The van der Waals surface area contributed by atoms with E-state index in [0.717, 1.165) is 30.4 Å². The Balaban J connectivity index is 1.73. The molecule has 0 bridgehead atoms. The lowest BCUT2D eigenvalue weighted by Crippen LogP contribution is -2.49. The summed E-state index contributed by atoms with van der Waals surface area (Å²) < 4.78 is 5.43. The number of fused-ring (bicyclic) bond motifs is 1. The first kappa shape index (κ1) is 22.1. The number of primary amides is 1. The third-order valence-corrected chi connectivity index (χ3v) is 5.28. The number of nitrogens with two attached hydrogens (primary N) is 1. The van der Waals surface area contributed by atoms with Crippen molar-refractivity contribution in [2.45, 2.75) is 38.1 Å². The molecule has 8 heteroatoms. The van der Waals surface area contributed by atoms with Crippen LogP contribution in [0.3, 0.4) is 0 Å². The Kier molecular flexibility index (Phi) is 7.48. The number of benzene rings is 2. The molecular formula is C23H28N4O4. The van der Waals surface area contributed by atoms with Crippen molar-refractivity contribution in [3.8, 4) is 5.75 Å². The summed E-state index contributed by atoms with van der Waals surface area (Å²) in [5.74, 6) is -0.303. The highest BCUT2D eigenvalue weighted by Crippen LogP contribution is 2.36. The van der Waals surface area contributed by atoms with Crippen LogP contribution < -0.4 is 26.4 Å². The van der Waals surface area contributed by atoms with Crippen molar-refractivity contribution in [2.24, 2.45) is 5.73 Å². The van der Waals surface area contributed by atoms with E-state index in [4.69, 9.17) is 10.5 Å². The minimum Gasteiger partial charge on any atom is -0.495 e. The molecule has 3 rings (SSSR count). The summed E-state index contributed by atoms with van der Waals surface area (Å²) in [5, 5.41) is 8.30. The van der Waals surface area contributed by atoms with Crippen LogP contribution in [-0.2, 0) is 28.9 Å². The van der Waals surface area contributed by atoms with Crippen molar-refractivity contribution in [3.63, 3.8) is 0 Å². The van der Waals surface area contributed by atoms with E-state index in [2.05, 4.69) is 16.0 Å². The fraction of sp³-hybridized carbons (Fsp3) is 0.348. The van der Waals surface area contributed by atoms with E-state index < -0.39 is 18.0 Å². The number of hydrogen-bond acceptors (Lipinski definition) is 4. The maximum Gasteiger partial charge on any atom is 0.320 e. The molecule has 1 aliphatic carbocycles. The Hall–Kier alpha value is -3.55. The van der Waals surface area contributed by atoms with Gasteiger partial charge in [0.15, 0.2) is 0 Å². The van der Waals surface area contributed by atoms with Gasteiger partial charge in [-0.3, -0.25) is 9.59 Å². The van der Waals surface area contributed by atoms with Crippen LogP contribution in [0.1, 0.15) is 29.5 Å². The largest absolute Gasteiger partial charge is 0.495 e. The van der Waals surface area contributed by atoms with Gasteiger partial charge in [0.25, 0.3) is 0 Å². The van der Waals surface area contributed by atoms with Crippen molar-refractivity contribution < 1.29 is 19.1 Å². The molecule has 1 unspecified atom stereocenters. The highest BCUT2D eigenvalue weighted by Gasteiger charge is 2.24. The highest BCUT2D eigenvalue weighted by atomic mass is 16.5. The Labute approximate surface area is 181 Å². The second-order valence-electron chi connectivity index (χ2n) is 7.48. The molecule has 0 aromatic heterocycles. The number of methoxy groups -OCH3 is 1. The molecule has 0 spiro atoms. The summed E-state index contributed by atoms with van der Waals surface area (Å²) in [6, 6.07) is 11.9. The van der Waals surface area contributed by atoms with Crippen molar-refractivity contribution in [2.75, 3.05) is 19.0 Å². The number of ether oxygens (including phenoxy) is 1. The molecule has 4 amide bonds. The van der Waals surface area contributed by atoms with E-state index in [9.17, 15) is 14.4 Å². The number of anilines is 1. The first-order valence-corrected chi connectivity index (χ1v) is 10.3. The molecule has 8 nitrogen and oxygen atoms in total. The number of hydrogen-bond donors (Lipinski definition) is 4. The highest BCUT2D eigenvalue weighted by molar-refractivity contribution is 5.96. The van der Waals surface area contributed by atoms with Crippen LogP contribution >= 0.6 is 0 Å². The van der Waals surface area contributed by atoms with Gasteiger partial charge in [-0.2, -0.15) is 0 Å². The molecule has 0 heterocycles. The van der Waals surface area contributed by atoms with Crippen molar-refractivity contribution in [3.05, 3.63) is 59.2 Å². The Morgan fingerprint density at radius 2 is 1.87 bits per heavy atom. The van der Waals surface area contributed by atoms with E-state index in [1.54, 1.807) is 7.11 Å². The molecule has 1 aliphatic rings. The summed E-state index contributed by atoms with van der Waals surface area (Å²) in [7, 11) is 1.56. The summed E-state index contributed by atoms with van der Waals surface area (Å²) in [6.45, 7) is 0.114. The maximum absolute atomic E-state index is 12.8. The van der Waals surface area contributed by atoms with Crippen LogP contribution in [0.4, 0.5) is 10.5 Å². The zero-order valence-corrected chi connectivity index (χ0v) is 17.6. The lowest BCUT2D eigenvalue weighted by molar-refractivity contribution is -0.123. The van der Waals surface area contributed by atoms with Gasteiger partial charge in [-0.05, 0) is 42.0 Å². The van der Waals surface area contributed by atoms with E-state index in [-0.39, 0.29) is 18.9 Å². The van der Waals surface area contributed by atoms with Crippen LogP contribution in [-0.4, -0.2) is 37.5 Å². The molecule has 5 N–H and O–H groups in total. The first-order valence-electron chi connectivity index (χ1n) is 10.3. The molecule has 0 aliphatic heterocycles. The van der Waals surface area contributed by atoms with Crippen molar-refractivity contribution >= 4 is 23.5 Å². The van der Waals surface area contributed by atoms with Gasteiger partial charge in [0.05, 0.1) is 12.8 Å². The number of carbonyl (C=O) groups is 3. The van der Waals surface area contributed by atoms with E-state index in [1.165, 1.54) is 5.56 Å². The van der Waals surface area contributed by atoms with Gasteiger partial charge < -0.3 is 26.4 Å². The maximum atomic E-state index is 12.8. The average molecular weight is 425 g/mol. The molecule has 1 atom stereocenters. The van der Waals surface area contributed by atoms with Crippen LogP contribution in [0.2, 0.25) is 0 Å². The van der Waals surface area contributed by atoms with Gasteiger partial charge in [0.1, 0.15) is 11.8 Å². The fourth-order valence-corrected chi connectivity index (χ4v) is 3.75. The molecule has 0 saturated heterocycles. The predicted molar refractivity (Wildman–Crippen MR) is 118 cm³/mol. The lowest BCUT2D eigenvalue weighted by Gasteiger charge is -2.20. The molecular weight excluding hydrogens is 396 g/mol. The van der Waals surface area contributed by atoms with Gasteiger partial charge >= 0.3 is 6.03 Å². The minimum atomic E-state index is -0.821. The molecule has 2 aromatic rings. The zero-order chi connectivity index (χ0) is 22.2. The van der Waals surface area contributed by atoms with Crippen LogP contribution in [0.25, 0.3) is 0 Å². The van der Waals surface area contributed by atoms with Crippen molar-refractivity contribution in [1.82, 2.24) is 10.6 Å². The Morgan fingerprint density at radius 3 is 2.58 bits per heavy atom. The van der Waals surface area contributed by atoms with Gasteiger partial charge in [-0.1, -0.05) is 36.4 Å². The minimum absolute atomic E-state index is 0.0311. The predicted octanol–water partition coefficient (Wildman–Crippen LogP) is 1.91. The average Bonchev–Trinajstić information content (AvgIpc) is 3.23. The summed E-state index contributed by atoms with van der Waals surface area (Å²) in [4.78, 5) is 36.5. The number of rotatable bonds is 9. The molecule has 0 saturated carbocycles. The van der Waals surface area contributed by atoms with Crippen LogP contribution in [0, 0.1) is 0 Å². The van der Waals surface area contributed by atoms with E-state index in [1.807, 2.05) is 42.5 Å². The van der Waals surface area contributed by atoms with E-state index >= 15 is 0 Å². The van der Waals surface area contributed by atoms with Gasteiger partial charge in [-0.25, -0.2) is 4.79 Å². The number of urea groups is 1. The van der Waals surface area contributed by atoms with Gasteiger partial charge in [-0.15, -0.1) is 0 Å². The second kappa shape index (κ2) is 10.5. The number of nitrogens with one attached hydrogen (secondary N) is 3. The first-order chi connectivity index (χ1) is 15.0. The molecule has 0 fully saturated rings. The molecule has 31 heavy (non-hydrogen) atoms. The Morgan fingerprint density at radius 1 is 1.10 bits per heavy atom. The normalized spacial score (nSPS) is 13.1. The SMILES string of the molecule is COc1ccc2c(c1NC(=O)NC(Cc1ccccc1)C(=O)NCCC(N)=O)CCC2. The molecule has 0 radical (unpaired) electrons. The third kappa shape index (κ3) is 5.97. The smallest absolute Gasteiger partial charge is 0.320 e. The second-order valence-corrected chi connectivity index (χ2v) is 7.48. The summed E-state index contributed by atoms with van der Waals surface area (Å²) >= 11 is 0. The fourth-order valence-electron chi connectivity index (χ4n) is 3.75. The number of carbonyl (C=O) groups excluding carboxylic acids is 3. The van der Waals surface area contributed by atoms with Crippen LogP contribution in [0.5, 0.6) is 5.75 Å². The quantitative estimate of drug-likeness (QED) is 0.491. The van der Waals surface area contributed by atoms with Gasteiger partial charge in [0, 0.05) is 19.4 Å². The topological polar surface area (TPSA) is 123 Å². The summed E-state index contributed by atoms with van der Waals surface area (Å²) in [5.41, 5.74) is 8.94. The third-order valence-electron chi connectivity index (χ3n) is 5.28. The molecule has 164 valence electrons. The standard InChI is InChI=1S/C23H28N4O4/c1-31-19-11-10-16-8-5-9-17(16)21(19)27-23(30)26-18(14-15-6-3-2-4-7-15)22(29)25-13-12-20(24)28/h2-4,6-7,10-11,18H,5,8-9,12-14H2,1H3,(H2,24,28)(H,25,29)(H2,26,27,30). The van der Waals surface area contributed by atoms with Crippen LogP contribution in [0.15, 0.2) is 42.5 Å². The Bertz CT molecular complexity index is 946.